The van der Waals surface area contributed by atoms with Gasteiger partial charge in [-0.15, -0.1) is 0 Å². The largest absolute Gasteiger partial charge is 0.493 e. The predicted molar refractivity (Wildman–Crippen MR) is 89.9 cm³/mol. The number of pyridine rings is 1. The Balaban J connectivity index is 1.84. The van der Waals surface area contributed by atoms with Crippen LogP contribution in [-0.4, -0.2) is 25.3 Å². The number of methoxy groups -OCH3 is 1. The Hall–Kier alpha value is -1.95. The third-order valence-electron chi connectivity index (χ3n) is 3.53. The fourth-order valence-corrected chi connectivity index (χ4v) is 2.73. The maximum absolute atomic E-state index is 6.09. The van der Waals surface area contributed by atoms with E-state index in [0.29, 0.717) is 36.3 Å². The van der Waals surface area contributed by atoms with E-state index in [1.54, 1.807) is 13.3 Å². The fraction of sp³-hybridized carbons (Fsp3) is 0.353. The number of ether oxygens (including phenoxy) is 4. The molecule has 0 amide bonds. The van der Waals surface area contributed by atoms with Crippen molar-refractivity contribution in [3.8, 4) is 23.1 Å². The van der Waals surface area contributed by atoms with Gasteiger partial charge in [0, 0.05) is 23.2 Å². The Morgan fingerprint density at radius 2 is 2.22 bits per heavy atom. The molecule has 1 unspecified atom stereocenters. The van der Waals surface area contributed by atoms with Crippen molar-refractivity contribution in [2.45, 2.75) is 18.4 Å². The highest BCUT2D eigenvalue weighted by Crippen LogP contribution is 2.44. The minimum Gasteiger partial charge on any atom is -0.493 e. The highest BCUT2D eigenvalue weighted by Gasteiger charge is 2.26. The van der Waals surface area contributed by atoms with Crippen LogP contribution in [-0.2, 0) is 5.33 Å². The van der Waals surface area contributed by atoms with Crippen molar-refractivity contribution >= 4 is 15.9 Å². The van der Waals surface area contributed by atoms with Crippen LogP contribution in [0.1, 0.15) is 24.2 Å². The molecule has 5 nitrogen and oxygen atoms in total. The molecule has 0 radical (unpaired) electrons. The van der Waals surface area contributed by atoms with Crippen LogP contribution in [0.3, 0.4) is 0 Å². The van der Waals surface area contributed by atoms with Crippen molar-refractivity contribution in [1.82, 2.24) is 4.98 Å². The van der Waals surface area contributed by atoms with Gasteiger partial charge in [-0.2, -0.15) is 0 Å². The van der Waals surface area contributed by atoms with E-state index < -0.39 is 0 Å². The zero-order valence-electron chi connectivity index (χ0n) is 13.0. The molecule has 0 aliphatic carbocycles. The summed E-state index contributed by atoms with van der Waals surface area (Å²) in [7, 11) is 1.62. The second-order valence-electron chi connectivity index (χ2n) is 5.04. The number of fused-ring (bicyclic) bond motifs is 1. The summed E-state index contributed by atoms with van der Waals surface area (Å²) in [6.07, 6.45) is 1.53. The van der Waals surface area contributed by atoms with E-state index in [4.69, 9.17) is 18.9 Å². The second-order valence-corrected chi connectivity index (χ2v) is 5.60. The summed E-state index contributed by atoms with van der Waals surface area (Å²) in [5.41, 5.74) is 2.01. The van der Waals surface area contributed by atoms with Gasteiger partial charge in [-0.05, 0) is 30.7 Å². The van der Waals surface area contributed by atoms with Crippen LogP contribution in [0.2, 0.25) is 0 Å². The average molecular weight is 380 g/mol. The minimum atomic E-state index is -0.227. The van der Waals surface area contributed by atoms with Gasteiger partial charge >= 0.3 is 0 Å². The molecule has 3 rings (SSSR count). The van der Waals surface area contributed by atoms with Gasteiger partial charge in [0.25, 0.3) is 0 Å². The first-order valence-electron chi connectivity index (χ1n) is 7.40. The molecule has 0 saturated heterocycles. The zero-order valence-corrected chi connectivity index (χ0v) is 14.6. The molecule has 1 aliphatic rings. The van der Waals surface area contributed by atoms with E-state index in [1.165, 1.54) is 0 Å². The van der Waals surface area contributed by atoms with Crippen LogP contribution in [0.5, 0.6) is 23.1 Å². The second kappa shape index (κ2) is 7.08. The summed E-state index contributed by atoms with van der Waals surface area (Å²) in [5, 5.41) is 0.728. The summed E-state index contributed by atoms with van der Waals surface area (Å²) in [6.45, 7) is 2.95. The van der Waals surface area contributed by atoms with Crippen LogP contribution in [0, 0.1) is 0 Å². The van der Waals surface area contributed by atoms with E-state index in [1.807, 2.05) is 31.2 Å². The molecular formula is C17H18BrNO4. The first-order valence-corrected chi connectivity index (χ1v) is 8.52. The van der Waals surface area contributed by atoms with Gasteiger partial charge in [-0.1, -0.05) is 15.9 Å². The van der Waals surface area contributed by atoms with E-state index in [2.05, 4.69) is 20.9 Å². The standard InChI is InChI=1S/C17H18BrNO4/c1-3-21-16-5-4-12(9-19-16)15-10-22-14-7-11(8-18)6-13(20-2)17(14)23-15/h4-7,9,15H,3,8,10H2,1-2H3. The summed E-state index contributed by atoms with van der Waals surface area (Å²) >= 11 is 3.44. The van der Waals surface area contributed by atoms with Gasteiger partial charge < -0.3 is 18.9 Å². The van der Waals surface area contributed by atoms with Crippen LogP contribution in [0.15, 0.2) is 30.5 Å². The molecule has 0 fully saturated rings. The maximum Gasteiger partial charge on any atom is 0.213 e. The van der Waals surface area contributed by atoms with Crippen molar-refractivity contribution in [1.29, 1.82) is 0 Å². The quantitative estimate of drug-likeness (QED) is 0.737. The number of halogens is 1. The van der Waals surface area contributed by atoms with Crippen molar-refractivity contribution in [2.24, 2.45) is 0 Å². The van der Waals surface area contributed by atoms with E-state index in [-0.39, 0.29) is 6.10 Å². The highest BCUT2D eigenvalue weighted by atomic mass is 79.9. The van der Waals surface area contributed by atoms with Gasteiger partial charge in [0.2, 0.25) is 11.6 Å². The van der Waals surface area contributed by atoms with Crippen LogP contribution in [0.25, 0.3) is 0 Å². The molecule has 0 saturated carbocycles. The third kappa shape index (κ3) is 3.37. The molecule has 23 heavy (non-hydrogen) atoms. The Labute approximate surface area is 143 Å². The zero-order chi connectivity index (χ0) is 16.2. The summed E-state index contributed by atoms with van der Waals surface area (Å²) < 4.78 is 22.7. The monoisotopic (exact) mass is 379 g/mol. The molecular weight excluding hydrogens is 362 g/mol. The maximum atomic E-state index is 6.09. The third-order valence-corrected chi connectivity index (χ3v) is 4.18. The molecule has 6 heteroatoms. The Bertz CT molecular complexity index is 658. The molecule has 1 atom stereocenters. The smallest absolute Gasteiger partial charge is 0.213 e. The lowest BCUT2D eigenvalue weighted by Crippen LogP contribution is -2.22. The highest BCUT2D eigenvalue weighted by molar-refractivity contribution is 9.08. The molecule has 2 heterocycles. The minimum absolute atomic E-state index is 0.227. The molecule has 0 bridgehead atoms. The number of hydrogen-bond acceptors (Lipinski definition) is 5. The summed E-state index contributed by atoms with van der Waals surface area (Å²) in [6, 6.07) is 7.67. The normalized spacial score (nSPS) is 16.0. The number of aromatic nitrogens is 1. The Kier molecular flexibility index (Phi) is 4.91. The summed E-state index contributed by atoms with van der Waals surface area (Å²) in [5.74, 6) is 2.60. The summed E-state index contributed by atoms with van der Waals surface area (Å²) in [4.78, 5) is 4.27. The Morgan fingerprint density at radius 1 is 1.35 bits per heavy atom. The molecule has 1 aromatic heterocycles. The average Bonchev–Trinajstić information content (AvgIpc) is 2.61. The van der Waals surface area contributed by atoms with Crippen LogP contribution >= 0.6 is 15.9 Å². The van der Waals surface area contributed by atoms with Gasteiger partial charge in [0.15, 0.2) is 17.6 Å². The molecule has 122 valence electrons. The van der Waals surface area contributed by atoms with Crippen LogP contribution < -0.4 is 18.9 Å². The molecule has 1 aromatic carbocycles. The van der Waals surface area contributed by atoms with Gasteiger partial charge in [0.1, 0.15) is 6.61 Å². The molecule has 0 N–H and O–H groups in total. The van der Waals surface area contributed by atoms with Crippen molar-refractivity contribution < 1.29 is 18.9 Å². The SMILES string of the molecule is CCOc1ccc(C2COc3cc(CBr)cc(OC)c3O2)cn1. The van der Waals surface area contributed by atoms with E-state index >= 15 is 0 Å². The van der Waals surface area contributed by atoms with Gasteiger partial charge in [0.05, 0.1) is 13.7 Å². The first-order chi connectivity index (χ1) is 11.2. The number of alkyl halides is 1. The van der Waals surface area contributed by atoms with Crippen LogP contribution in [0.4, 0.5) is 0 Å². The van der Waals surface area contributed by atoms with E-state index in [0.717, 1.165) is 16.5 Å². The van der Waals surface area contributed by atoms with Gasteiger partial charge in [-0.25, -0.2) is 4.98 Å². The van der Waals surface area contributed by atoms with Crippen molar-refractivity contribution in [3.05, 3.63) is 41.6 Å². The number of rotatable bonds is 5. The molecule has 0 spiro atoms. The molecule has 1 aliphatic heterocycles. The predicted octanol–water partition coefficient (Wildman–Crippen LogP) is 3.90. The lowest BCUT2D eigenvalue weighted by molar-refractivity contribution is 0.0867. The topological polar surface area (TPSA) is 49.8 Å². The number of benzene rings is 1. The van der Waals surface area contributed by atoms with Gasteiger partial charge in [-0.3, -0.25) is 0 Å². The van der Waals surface area contributed by atoms with E-state index in [9.17, 15) is 0 Å². The number of nitrogens with zero attached hydrogens (tertiary/aromatic N) is 1. The lowest BCUT2D eigenvalue weighted by atomic mass is 10.1. The van der Waals surface area contributed by atoms with Crippen molar-refractivity contribution in [2.75, 3.05) is 20.3 Å². The Morgan fingerprint density at radius 3 is 2.87 bits per heavy atom. The first kappa shape index (κ1) is 15.9. The lowest BCUT2D eigenvalue weighted by Gasteiger charge is -2.28. The fourth-order valence-electron chi connectivity index (χ4n) is 2.40. The number of hydrogen-bond donors (Lipinski definition) is 0. The molecule has 2 aromatic rings. The van der Waals surface area contributed by atoms with Crippen molar-refractivity contribution in [3.63, 3.8) is 0 Å².